The van der Waals surface area contributed by atoms with E-state index in [1.807, 2.05) is 6.92 Å². The second-order valence-electron chi connectivity index (χ2n) is 6.84. The van der Waals surface area contributed by atoms with Crippen molar-refractivity contribution in [3.63, 3.8) is 0 Å². The minimum atomic E-state index is -0.583. The standard InChI is InChI=1S/C18H25N5O3/c1-12(2)8-18(3,19)11-26-16-21-9-14(10-22-16)13-5-6-20-15(7-13)23-17(24)25-4/h5-7,9-10,12H,8,11,19H2,1-4H3,(H,20,23,24). The van der Waals surface area contributed by atoms with E-state index in [0.29, 0.717) is 18.3 Å². The van der Waals surface area contributed by atoms with Gasteiger partial charge in [-0.1, -0.05) is 13.8 Å². The Hall–Kier alpha value is -2.74. The molecule has 8 heteroatoms. The molecule has 1 amide bonds. The van der Waals surface area contributed by atoms with Gasteiger partial charge in [0.25, 0.3) is 0 Å². The Bertz CT molecular complexity index is 732. The molecule has 3 N–H and O–H groups in total. The molecular formula is C18H25N5O3. The number of carbonyl (C=O) groups is 1. The van der Waals surface area contributed by atoms with Crippen LogP contribution in [0.5, 0.6) is 6.01 Å². The van der Waals surface area contributed by atoms with E-state index >= 15 is 0 Å². The van der Waals surface area contributed by atoms with Crippen LogP contribution in [-0.2, 0) is 4.74 Å². The van der Waals surface area contributed by atoms with E-state index in [2.05, 4.69) is 38.9 Å². The topological polar surface area (TPSA) is 112 Å². The monoisotopic (exact) mass is 359 g/mol. The van der Waals surface area contributed by atoms with Gasteiger partial charge in [-0.15, -0.1) is 0 Å². The van der Waals surface area contributed by atoms with Gasteiger partial charge in [0.1, 0.15) is 12.4 Å². The number of hydrogen-bond acceptors (Lipinski definition) is 7. The largest absolute Gasteiger partial charge is 0.462 e. The fourth-order valence-corrected chi connectivity index (χ4v) is 2.59. The summed E-state index contributed by atoms with van der Waals surface area (Å²) in [5, 5.41) is 2.51. The first-order chi connectivity index (χ1) is 12.3. The van der Waals surface area contributed by atoms with Crippen LogP contribution in [0.15, 0.2) is 30.7 Å². The number of nitrogens with one attached hydrogen (secondary N) is 1. The van der Waals surface area contributed by atoms with E-state index in [4.69, 9.17) is 10.5 Å². The summed E-state index contributed by atoms with van der Waals surface area (Å²) in [6.07, 6.45) is 5.14. The third-order valence-electron chi connectivity index (χ3n) is 3.54. The maximum absolute atomic E-state index is 11.3. The summed E-state index contributed by atoms with van der Waals surface area (Å²) in [4.78, 5) is 23.8. The molecule has 140 valence electrons. The number of nitrogens with zero attached hydrogens (tertiary/aromatic N) is 3. The summed E-state index contributed by atoms with van der Waals surface area (Å²) in [5.74, 6) is 0.860. The molecule has 0 saturated carbocycles. The Morgan fingerprint density at radius 2 is 1.96 bits per heavy atom. The molecule has 0 aromatic carbocycles. The highest BCUT2D eigenvalue weighted by Crippen LogP contribution is 2.21. The Balaban J connectivity index is 2.03. The van der Waals surface area contributed by atoms with Crippen molar-refractivity contribution in [2.24, 2.45) is 11.7 Å². The van der Waals surface area contributed by atoms with Gasteiger partial charge in [0.2, 0.25) is 0 Å². The smallest absolute Gasteiger partial charge is 0.412 e. The second-order valence-corrected chi connectivity index (χ2v) is 6.84. The first-order valence-electron chi connectivity index (χ1n) is 8.34. The molecule has 2 rings (SSSR count). The van der Waals surface area contributed by atoms with Crippen molar-refractivity contribution < 1.29 is 14.3 Å². The third kappa shape index (κ3) is 5.96. The lowest BCUT2D eigenvalue weighted by Gasteiger charge is -2.25. The van der Waals surface area contributed by atoms with E-state index in [1.54, 1.807) is 30.7 Å². The quantitative estimate of drug-likeness (QED) is 0.781. The lowest BCUT2D eigenvalue weighted by Crippen LogP contribution is -2.43. The molecule has 8 nitrogen and oxygen atoms in total. The zero-order valence-corrected chi connectivity index (χ0v) is 15.5. The molecule has 1 atom stereocenters. The zero-order chi connectivity index (χ0) is 19.2. The SMILES string of the molecule is COC(=O)Nc1cc(-c2cnc(OCC(C)(N)CC(C)C)nc2)ccn1. The van der Waals surface area contributed by atoms with Gasteiger partial charge in [0, 0.05) is 29.7 Å². The Morgan fingerprint density at radius 3 is 2.58 bits per heavy atom. The summed E-state index contributed by atoms with van der Waals surface area (Å²) in [6, 6.07) is 3.77. The van der Waals surface area contributed by atoms with E-state index in [9.17, 15) is 4.79 Å². The summed E-state index contributed by atoms with van der Waals surface area (Å²) < 4.78 is 10.2. The maximum atomic E-state index is 11.3. The van der Waals surface area contributed by atoms with Crippen molar-refractivity contribution in [3.05, 3.63) is 30.7 Å². The number of ether oxygens (including phenoxy) is 2. The average molecular weight is 359 g/mol. The number of hydrogen-bond donors (Lipinski definition) is 2. The molecular weight excluding hydrogens is 334 g/mol. The van der Waals surface area contributed by atoms with Gasteiger partial charge < -0.3 is 15.2 Å². The summed E-state index contributed by atoms with van der Waals surface area (Å²) in [5.41, 5.74) is 7.36. The summed E-state index contributed by atoms with van der Waals surface area (Å²) in [6.45, 7) is 6.53. The van der Waals surface area contributed by atoms with Crippen molar-refractivity contribution in [2.75, 3.05) is 19.0 Å². The van der Waals surface area contributed by atoms with Crippen LogP contribution in [0.3, 0.4) is 0 Å². The normalized spacial score (nSPS) is 13.2. The van der Waals surface area contributed by atoms with Crippen molar-refractivity contribution in [3.8, 4) is 17.1 Å². The van der Waals surface area contributed by atoms with E-state index in [-0.39, 0.29) is 6.01 Å². The summed E-state index contributed by atoms with van der Waals surface area (Å²) in [7, 11) is 1.29. The van der Waals surface area contributed by atoms with E-state index < -0.39 is 11.6 Å². The molecule has 0 aliphatic carbocycles. The summed E-state index contributed by atoms with van der Waals surface area (Å²) >= 11 is 0. The van der Waals surface area contributed by atoms with Crippen LogP contribution in [0.4, 0.5) is 10.6 Å². The second kappa shape index (κ2) is 8.57. The number of pyridine rings is 1. The van der Waals surface area contributed by atoms with E-state index in [0.717, 1.165) is 17.5 Å². The first-order valence-corrected chi connectivity index (χ1v) is 8.34. The molecule has 2 aromatic rings. The van der Waals surface area contributed by atoms with Crippen molar-refractivity contribution in [1.82, 2.24) is 15.0 Å². The predicted octanol–water partition coefficient (Wildman–Crippen LogP) is 2.86. The number of rotatable bonds is 7. The van der Waals surface area contributed by atoms with Crippen LogP contribution in [0, 0.1) is 5.92 Å². The molecule has 2 aromatic heterocycles. The fourth-order valence-electron chi connectivity index (χ4n) is 2.59. The Kier molecular flexibility index (Phi) is 6.46. The predicted molar refractivity (Wildman–Crippen MR) is 98.8 cm³/mol. The van der Waals surface area contributed by atoms with Gasteiger partial charge in [0.15, 0.2) is 0 Å². The minimum Gasteiger partial charge on any atom is -0.462 e. The average Bonchev–Trinajstić information content (AvgIpc) is 2.59. The van der Waals surface area contributed by atoms with Gasteiger partial charge >= 0.3 is 12.1 Å². The van der Waals surface area contributed by atoms with Crippen LogP contribution in [-0.4, -0.2) is 40.3 Å². The van der Waals surface area contributed by atoms with Gasteiger partial charge in [-0.3, -0.25) is 5.32 Å². The molecule has 0 fully saturated rings. The van der Waals surface area contributed by atoms with Gasteiger partial charge in [-0.05, 0) is 37.0 Å². The van der Waals surface area contributed by atoms with Gasteiger partial charge in [-0.25, -0.2) is 19.7 Å². The minimum absolute atomic E-state index is 0.274. The third-order valence-corrected chi connectivity index (χ3v) is 3.54. The van der Waals surface area contributed by atoms with Gasteiger partial charge in [-0.2, -0.15) is 0 Å². The molecule has 2 heterocycles. The number of methoxy groups -OCH3 is 1. The molecule has 0 saturated heterocycles. The number of amides is 1. The number of carbonyl (C=O) groups excluding carboxylic acids is 1. The molecule has 0 radical (unpaired) electrons. The number of aromatic nitrogens is 3. The van der Waals surface area contributed by atoms with Crippen LogP contribution >= 0.6 is 0 Å². The van der Waals surface area contributed by atoms with Crippen LogP contribution in [0.1, 0.15) is 27.2 Å². The highest BCUT2D eigenvalue weighted by atomic mass is 16.5. The molecule has 1 unspecified atom stereocenters. The number of nitrogens with two attached hydrogens (primary N) is 1. The maximum Gasteiger partial charge on any atom is 0.412 e. The first kappa shape index (κ1) is 19.6. The highest BCUT2D eigenvalue weighted by Gasteiger charge is 2.21. The molecule has 26 heavy (non-hydrogen) atoms. The Morgan fingerprint density at radius 1 is 1.27 bits per heavy atom. The van der Waals surface area contributed by atoms with Crippen LogP contribution < -0.4 is 15.8 Å². The Labute approximate surface area is 153 Å². The van der Waals surface area contributed by atoms with E-state index in [1.165, 1.54) is 7.11 Å². The zero-order valence-electron chi connectivity index (χ0n) is 15.5. The number of anilines is 1. The lowest BCUT2D eigenvalue weighted by atomic mass is 9.93. The molecule has 0 aliphatic heterocycles. The van der Waals surface area contributed by atoms with Crippen molar-refractivity contribution >= 4 is 11.9 Å². The van der Waals surface area contributed by atoms with Gasteiger partial charge in [0.05, 0.1) is 7.11 Å². The van der Waals surface area contributed by atoms with Crippen molar-refractivity contribution in [2.45, 2.75) is 32.7 Å². The van der Waals surface area contributed by atoms with Crippen LogP contribution in [0.25, 0.3) is 11.1 Å². The molecule has 0 aliphatic rings. The molecule has 0 spiro atoms. The van der Waals surface area contributed by atoms with Crippen LogP contribution in [0.2, 0.25) is 0 Å². The van der Waals surface area contributed by atoms with Crippen molar-refractivity contribution in [1.29, 1.82) is 0 Å². The molecule has 0 bridgehead atoms. The lowest BCUT2D eigenvalue weighted by molar-refractivity contribution is 0.187. The highest BCUT2D eigenvalue weighted by molar-refractivity contribution is 5.84. The fraction of sp³-hybridized carbons (Fsp3) is 0.444.